The lowest BCUT2D eigenvalue weighted by Gasteiger charge is -2.24. The van der Waals surface area contributed by atoms with Crippen LogP contribution in [-0.4, -0.2) is 24.6 Å². The number of hydrogen-bond donors (Lipinski definition) is 2. The number of nitrogen functional groups attached to an aromatic ring is 1. The molecule has 1 aliphatic heterocycles. The van der Waals surface area contributed by atoms with Gasteiger partial charge in [-0.2, -0.15) is 5.26 Å². The molecule has 1 unspecified atom stereocenters. The predicted molar refractivity (Wildman–Crippen MR) is 138 cm³/mol. The molecule has 2 aromatic carbocycles. The highest BCUT2D eigenvalue weighted by Gasteiger charge is 2.33. The van der Waals surface area contributed by atoms with Gasteiger partial charge in [-0.15, -0.1) is 11.3 Å². The van der Waals surface area contributed by atoms with Gasteiger partial charge in [0.25, 0.3) is 5.56 Å². The minimum absolute atomic E-state index is 0.0527. The van der Waals surface area contributed by atoms with E-state index in [2.05, 4.69) is 21.0 Å². The van der Waals surface area contributed by atoms with Crippen LogP contribution in [0.5, 0.6) is 5.75 Å². The highest BCUT2D eigenvalue weighted by atomic mass is 35.5. The molecular weight excluding hydrogens is 496 g/mol. The van der Waals surface area contributed by atoms with Crippen molar-refractivity contribution in [3.05, 3.63) is 102 Å². The number of pyridine rings is 1. The third-order valence-electron chi connectivity index (χ3n) is 6.13. The van der Waals surface area contributed by atoms with E-state index in [9.17, 15) is 15.2 Å². The summed E-state index contributed by atoms with van der Waals surface area (Å²) in [6, 6.07) is 16.3. The second-order valence-electron chi connectivity index (χ2n) is 8.14. The highest BCUT2D eigenvalue weighted by molar-refractivity contribution is 7.07. The van der Waals surface area contributed by atoms with Crippen molar-refractivity contribution in [3.8, 4) is 17.6 Å². The molecule has 0 amide bonds. The van der Waals surface area contributed by atoms with Gasteiger partial charge in [0.2, 0.25) is 0 Å². The number of rotatable bonds is 2. The topological polar surface area (TPSA) is 131 Å². The van der Waals surface area contributed by atoms with Crippen molar-refractivity contribution in [1.29, 1.82) is 5.26 Å². The number of hydrogen-bond acceptors (Lipinski definition) is 8. The van der Waals surface area contributed by atoms with Crippen LogP contribution in [-0.2, 0) is 0 Å². The second-order valence-corrected chi connectivity index (χ2v) is 9.60. The van der Waals surface area contributed by atoms with Gasteiger partial charge in [-0.1, -0.05) is 35.9 Å². The van der Waals surface area contributed by atoms with E-state index < -0.39 is 5.92 Å². The van der Waals surface area contributed by atoms with Gasteiger partial charge in [-0.3, -0.25) is 9.78 Å². The van der Waals surface area contributed by atoms with Gasteiger partial charge in [-0.25, -0.2) is 14.5 Å². The predicted octanol–water partition coefficient (Wildman–Crippen LogP) is 2.83. The van der Waals surface area contributed by atoms with Crippen molar-refractivity contribution in [1.82, 2.24) is 19.5 Å². The van der Waals surface area contributed by atoms with E-state index in [0.29, 0.717) is 47.6 Å². The minimum atomic E-state index is -0.562. The molecule has 0 fully saturated rings. The summed E-state index contributed by atoms with van der Waals surface area (Å²) in [6.45, 7) is 0. The number of nitrogens with two attached hydrogens (primary N) is 1. The van der Waals surface area contributed by atoms with E-state index in [1.165, 1.54) is 22.2 Å². The molecule has 6 rings (SSSR count). The molecular formula is C26H15ClN6O2S. The molecule has 4 heterocycles. The third kappa shape index (κ3) is 3.27. The number of phenols is 1. The van der Waals surface area contributed by atoms with Crippen molar-refractivity contribution < 1.29 is 5.11 Å². The van der Waals surface area contributed by atoms with Crippen molar-refractivity contribution in [2.24, 2.45) is 0 Å². The first-order valence-electron chi connectivity index (χ1n) is 10.8. The molecule has 0 bridgehead atoms. The number of benzene rings is 2. The van der Waals surface area contributed by atoms with Gasteiger partial charge in [-0.05, 0) is 41.5 Å². The fourth-order valence-corrected chi connectivity index (χ4v) is 5.76. The minimum Gasteiger partial charge on any atom is -0.506 e. The molecule has 0 spiro atoms. The molecule has 174 valence electrons. The van der Waals surface area contributed by atoms with E-state index in [-0.39, 0.29) is 17.1 Å². The molecule has 36 heavy (non-hydrogen) atoms. The molecule has 1 aliphatic rings. The van der Waals surface area contributed by atoms with E-state index >= 15 is 0 Å². The molecule has 0 radical (unpaired) electrons. The zero-order valence-corrected chi connectivity index (χ0v) is 20.0. The highest BCUT2D eigenvalue weighted by Crippen LogP contribution is 2.39. The average Bonchev–Trinajstić information content (AvgIpc) is 3.21. The number of nitrogens with zero attached hydrogens (tertiary/aromatic N) is 5. The lowest BCUT2D eigenvalue weighted by molar-refractivity contribution is 0.480. The van der Waals surface area contributed by atoms with Crippen molar-refractivity contribution in [2.75, 3.05) is 5.73 Å². The van der Waals surface area contributed by atoms with Gasteiger partial charge in [0.1, 0.15) is 28.1 Å². The van der Waals surface area contributed by atoms with E-state index in [1.807, 2.05) is 18.2 Å². The molecule has 3 aromatic heterocycles. The maximum absolute atomic E-state index is 13.7. The Morgan fingerprint density at radius 3 is 2.72 bits per heavy atom. The molecule has 5 aromatic rings. The van der Waals surface area contributed by atoms with Gasteiger partial charge in [0.15, 0.2) is 5.82 Å². The quantitative estimate of drug-likeness (QED) is 0.373. The van der Waals surface area contributed by atoms with Crippen LogP contribution < -0.4 is 20.5 Å². The standard InChI is InChI=1S/C26H15ClN6O2S/c27-15-6-3-13(4-7-15)20-17(11-28)26-33(24-21(20)23(29)31-12-32-24)25(35)19(36-26)10-14-5-8-18(34)22-16(14)2-1-9-30-22/h1-10,12,20,34H,(H2,29,31,32)/b19-10+. The first kappa shape index (κ1) is 22.0. The Morgan fingerprint density at radius 2 is 1.94 bits per heavy atom. The second kappa shape index (κ2) is 8.30. The molecule has 0 aliphatic carbocycles. The Balaban J connectivity index is 1.70. The Bertz CT molecular complexity index is 1920. The molecule has 1 atom stereocenters. The summed E-state index contributed by atoms with van der Waals surface area (Å²) in [6.07, 6.45) is 4.63. The van der Waals surface area contributed by atoms with Crippen LogP contribution in [0.4, 0.5) is 5.82 Å². The van der Waals surface area contributed by atoms with E-state index in [0.717, 1.165) is 5.56 Å². The molecule has 0 saturated carbocycles. The van der Waals surface area contributed by atoms with Crippen LogP contribution in [0.2, 0.25) is 5.02 Å². The van der Waals surface area contributed by atoms with Crippen LogP contribution in [0.3, 0.4) is 0 Å². The number of halogens is 1. The summed E-state index contributed by atoms with van der Waals surface area (Å²) in [5.41, 5.74) is 8.74. The maximum Gasteiger partial charge on any atom is 0.274 e. The third-order valence-corrected chi connectivity index (χ3v) is 7.49. The number of aromatic nitrogens is 4. The fraction of sp³-hybridized carbons (Fsp3) is 0.0385. The Kier molecular flexibility index (Phi) is 5.07. The summed E-state index contributed by atoms with van der Waals surface area (Å²) in [5, 5.41) is 21.7. The van der Waals surface area contributed by atoms with Crippen LogP contribution in [0.25, 0.3) is 28.4 Å². The monoisotopic (exact) mass is 510 g/mol. The van der Waals surface area contributed by atoms with Crippen LogP contribution in [0.1, 0.15) is 22.6 Å². The summed E-state index contributed by atoms with van der Waals surface area (Å²) in [5.74, 6) is 0.0252. The molecule has 8 nitrogen and oxygen atoms in total. The summed E-state index contributed by atoms with van der Waals surface area (Å²) in [4.78, 5) is 26.5. The zero-order valence-electron chi connectivity index (χ0n) is 18.4. The largest absolute Gasteiger partial charge is 0.506 e. The number of anilines is 1. The number of phenolic OH excluding ortho intramolecular Hbond substituents is 1. The Hall–Kier alpha value is -4.52. The van der Waals surface area contributed by atoms with Gasteiger partial charge in [0, 0.05) is 16.6 Å². The maximum atomic E-state index is 13.7. The normalized spacial score (nSPS) is 14.9. The lowest BCUT2D eigenvalue weighted by atomic mass is 9.84. The van der Waals surface area contributed by atoms with Crippen LogP contribution in [0, 0.1) is 11.3 Å². The van der Waals surface area contributed by atoms with E-state index in [4.69, 9.17) is 17.3 Å². The summed E-state index contributed by atoms with van der Waals surface area (Å²) >= 11 is 7.30. The van der Waals surface area contributed by atoms with Gasteiger partial charge >= 0.3 is 0 Å². The van der Waals surface area contributed by atoms with Crippen LogP contribution in [0.15, 0.2) is 65.8 Å². The van der Waals surface area contributed by atoms with Gasteiger partial charge in [0.05, 0.1) is 27.7 Å². The number of fused-ring (bicyclic) bond motifs is 4. The molecule has 10 heteroatoms. The van der Waals surface area contributed by atoms with Gasteiger partial charge < -0.3 is 10.8 Å². The summed E-state index contributed by atoms with van der Waals surface area (Å²) < 4.78 is 2.30. The first-order valence-corrected chi connectivity index (χ1v) is 12.0. The zero-order chi connectivity index (χ0) is 25.0. The first-order chi connectivity index (χ1) is 17.5. The number of nitriles is 1. The smallest absolute Gasteiger partial charge is 0.274 e. The van der Waals surface area contributed by atoms with Crippen LogP contribution >= 0.6 is 22.9 Å². The average molecular weight is 511 g/mol. The Labute approximate surface area is 212 Å². The van der Waals surface area contributed by atoms with E-state index in [1.54, 1.807) is 42.6 Å². The molecule has 3 N–H and O–H groups in total. The molecule has 0 saturated heterocycles. The lowest BCUT2D eigenvalue weighted by Crippen LogP contribution is -2.36. The fourth-order valence-electron chi connectivity index (χ4n) is 4.53. The van der Waals surface area contributed by atoms with Crippen molar-refractivity contribution >= 4 is 51.3 Å². The summed E-state index contributed by atoms with van der Waals surface area (Å²) in [7, 11) is 0. The number of thiazole rings is 1. The number of aromatic hydroxyl groups is 1. The SMILES string of the molecule is N#CC1=c2s/c(=C/c3ccc(O)c4ncccc34)c(=O)n2-c2ncnc(N)c2C1c1ccc(Cl)cc1. The van der Waals surface area contributed by atoms with Crippen molar-refractivity contribution in [2.45, 2.75) is 5.92 Å². The van der Waals surface area contributed by atoms with Crippen molar-refractivity contribution in [3.63, 3.8) is 0 Å². The Morgan fingerprint density at radius 1 is 1.14 bits per heavy atom.